The van der Waals surface area contributed by atoms with E-state index in [1.165, 1.54) is 11.3 Å². The zero-order valence-electron chi connectivity index (χ0n) is 16.3. The number of hydrogen-bond acceptors (Lipinski definition) is 5. The summed E-state index contributed by atoms with van der Waals surface area (Å²) < 4.78 is 5.30. The third-order valence-corrected chi connectivity index (χ3v) is 5.21. The summed E-state index contributed by atoms with van der Waals surface area (Å²) in [4.78, 5) is 29.1. The number of amides is 1. The zero-order chi connectivity index (χ0) is 20.3. The number of esters is 1. The van der Waals surface area contributed by atoms with E-state index in [9.17, 15) is 9.59 Å². The van der Waals surface area contributed by atoms with Crippen LogP contribution in [0, 0.1) is 20.8 Å². The average molecular weight is 394 g/mol. The maximum absolute atomic E-state index is 12.4. The molecule has 1 heterocycles. The van der Waals surface area contributed by atoms with Crippen LogP contribution >= 0.6 is 11.3 Å². The first-order valence-corrected chi connectivity index (χ1v) is 9.83. The van der Waals surface area contributed by atoms with E-state index in [1.54, 1.807) is 12.3 Å². The summed E-state index contributed by atoms with van der Waals surface area (Å²) in [5, 5.41) is 5.19. The number of aromatic nitrogens is 1. The molecule has 0 bridgehead atoms. The standard InChI is InChI=1S/C22H22N2O3S/c1-13-6-9-17(10-7-13)21-24-19(12-28-21)22(26)27-16(4)20(25)23-18-11-14(2)5-8-15(18)3/h5-12,16H,1-4H3,(H,23,25). The monoisotopic (exact) mass is 394 g/mol. The number of nitrogens with zero attached hydrogens (tertiary/aromatic N) is 1. The lowest BCUT2D eigenvalue weighted by molar-refractivity contribution is -0.123. The molecule has 0 aliphatic rings. The Morgan fingerprint density at radius 1 is 1.04 bits per heavy atom. The van der Waals surface area contributed by atoms with Gasteiger partial charge < -0.3 is 10.1 Å². The summed E-state index contributed by atoms with van der Waals surface area (Å²) in [7, 11) is 0. The SMILES string of the molecule is Cc1ccc(-c2nc(C(=O)OC(C)C(=O)Nc3cc(C)ccc3C)cs2)cc1. The Kier molecular flexibility index (Phi) is 5.90. The van der Waals surface area contributed by atoms with Gasteiger partial charge in [-0.05, 0) is 44.9 Å². The third kappa shape index (κ3) is 4.64. The molecule has 1 unspecified atom stereocenters. The Bertz CT molecular complexity index is 1010. The molecule has 0 saturated carbocycles. The molecule has 1 atom stereocenters. The van der Waals surface area contributed by atoms with Gasteiger partial charge in [-0.3, -0.25) is 4.79 Å². The van der Waals surface area contributed by atoms with Crippen molar-refractivity contribution >= 4 is 28.9 Å². The quantitative estimate of drug-likeness (QED) is 0.624. The van der Waals surface area contributed by atoms with E-state index in [2.05, 4.69) is 10.3 Å². The number of carbonyl (C=O) groups is 2. The van der Waals surface area contributed by atoms with Crippen molar-refractivity contribution in [3.8, 4) is 10.6 Å². The molecule has 0 spiro atoms. The molecule has 144 valence electrons. The number of ether oxygens (including phenoxy) is 1. The van der Waals surface area contributed by atoms with Crippen molar-refractivity contribution in [2.24, 2.45) is 0 Å². The normalized spacial score (nSPS) is 11.7. The molecule has 3 aromatic rings. The molecule has 3 rings (SSSR count). The summed E-state index contributed by atoms with van der Waals surface area (Å²) in [5.41, 5.74) is 4.99. The van der Waals surface area contributed by atoms with Gasteiger partial charge in [-0.1, -0.05) is 42.0 Å². The van der Waals surface area contributed by atoms with Gasteiger partial charge in [0, 0.05) is 16.6 Å². The number of benzene rings is 2. The Balaban J connectivity index is 1.64. The Hall–Kier alpha value is -2.99. The Morgan fingerprint density at radius 3 is 2.43 bits per heavy atom. The molecule has 0 fully saturated rings. The topological polar surface area (TPSA) is 68.3 Å². The van der Waals surface area contributed by atoms with Gasteiger partial charge >= 0.3 is 5.97 Å². The van der Waals surface area contributed by atoms with E-state index in [0.29, 0.717) is 5.69 Å². The van der Waals surface area contributed by atoms with Crippen molar-refractivity contribution in [2.75, 3.05) is 5.32 Å². The number of thiazole rings is 1. The molecule has 5 nitrogen and oxygen atoms in total. The highest BCUT2D eigenvalue weighted by Crippen LogP contribution is 2.24. The van der Waals surface area contributed by atoms with Crippen LogP contribution in [0.2, 0.25) is 0 Å². The lowest BCUT2D eigenvalue weighted by Crippen LogP contribution is -2.30. The third-order valence-electron chi connectivity index (χ3n) is 4.32. The van der Waals surface area contributed by atoms with Crippen molar-refractivity contribution in [1.29, 1.82) is 0 Å². The second-order valence-electron chi connectivity index (χ2n) is 6.76. The predicted octanol–water partition coefficient (Wildman–Crippen LogP) is 4.92. The highest BCUT2D eigenvalue weighted by molar-refractivity contribution is 7.13. The highest BCUT2D eigenvalue weighted by Gasteiger charge is 2.21. The van der Waals surface area contributed by atoms with Gasteiger partial charge in [0.25, 0.3) is 5.91 Å². The van der Waals surface area contributed by atoms with Gasteiger partial charge in [-0.25, -0.2) is 9.78 Å². The van der Waals surface area contributed by atoms with Gasteiger partial charge in [0.15, 0.2) is 11.8 Å². The first kappa shape index (κ1) is 19.8. The fourth-order valence-electron chi connectivity index (χ4n) is 2.58. The minimum Gasteiger partial charge on any atom is -0.448 e. The van der Waals surface area contributed by atoms with Crippen molar-refractivity contribution in [3.63, 3.8) is 0 Å². The predicted molar refractivity (Wildman–Crippen MR) is 112 cm³/mol. The zero-order valence-corrected chi connectivity index (χ0v) is 17.1. The number of rotatable bonds is 5. The lowest BCUT2D eigenvalue weighted by Gasteiger charge is -2.14. The van der Waals surface area contributed by atoms with Gasteiger partial charge in [-0.15, -0.1) is 11.3 Å². The number of aryl methyl sites for hydroxylation is 3. The minimum atomic E-state index is -0.933. The number of anilines is 1. The van der Waals surface area contributed by atoms with Crippen LogP contribution in [0.25, 0.3) is 10.6 Å². The van der Waals surface area contributed by atoms with Crippen LogP contribution in [0.15, 0.2) is 47.8 Å². The Morgan fingerprint density at radius 2 is 1.71 bits per heavy atom. The van der Waals surface area contributed by atoms with Gasteiger partial charge in [0.05, 0.1) is 0 Å². The fourth-order valence-corrected chi connectivity index (χ4v) is 3.37. The van der Waals surface area contributed by atoms with Crippen LogP contribution in [-0.2, 0) is 9.53 Å². The molecule has 0 radical (unpaired) electrons. The summed E-state index contributed by atoms with van der Waals surface area (Å²) in [6, 6.07) is 13.7. The number of carbonyl (C=O) groups excluding carboxylic acids is 2. The number of nitrogens with one attached hydrogen (secondary N) is 1. The number of hydrogen-bond donors (Lipinski definition) is 1. The van der Waals surface area contributed by atoms with E-state index >= 15 is 0 Å². The molecule has 1 amide bonds. The smallest absolute Gasteiger partial charge is 0.358 e. The van der Waals surface area contributed by atoms with Crippen LogP contribution in [-0.4, -0.2) is 23.0 Å². The molecule has 0 saturated heterocycles. The molecule has 2 aromatic carbocycles. The van der Waals surface area contributed by atoms with Gasteiger partial charge in [0.1, 0.15) is 5.01 Å². The average Bonchev–Trinajstić information content (AvgIpc) is 3.15. The van der Waals surface area contributed by atoms with Crippen molar-refractivity contribution in [3.05, 3.63) is 70.2 Å². The maximum atomic E-state index is 12.4. The second kappa shape index (κ2) is 8.35. The summed E-state index contributed by atoms with van der Waals surface area (Å²) >= 11 is 1.37. The molecule has 1 aromatic heterocycles. The van der Waals surface area contributed by atoms with E-state index in [4.69, 9.17) is 4.74 Å². The van der Waals surface area contributed by atoms with Crippen molar-refractivity contribution < 1.29 is 14.3 Å². The van der Waals surface area contributed by atoms with E-state index in [1.807, 2.05) is 63.2 Å². The Labute approximate surface area is 168 Å². The van der Waals surface area contributed by atoms with Gasteiger partial charge in [-0.2, -0.15) is 0 Å². The van der Waals surface area contributed by atoms with E-state index in [0.717, 1.165) is 27.3 Å². The minimum absolute atomic E-state index is 0.201. The molecular weight excluding hydrogens is 372 g/mol. The lowest BCUT2D eigenvalue weighted by atomic mass is 10.1. The van der Waals surface area contributed by atoms with E-state index in [-0.39, 0.29) is 11.6 Å². The first-order valence-electron chi connectivity index (χ1n) is 8.95. The summed E-state index contributed by atoms with van der Waals surface area (Å²) in [5.74, 6) is -0.991. The molecule has 0 aliphatic heterocycles. The summed E-state index contributed by atoms with van der Waals surface area (Å²) in [6.45, 7) is 7.42. The van der Waals surface area contributed by atoms with Crippen LogP contribution < -0.4 is 5.32 Å². The molecule has 28 heavy (non-hydrogen) atoms. The van der Waals surface area contributed by atoms with Crippen molar-refractivity contribution in [1.82, 2.24) is 4.98 Å². The van der Waals surface area contributed by atoms with Crippen molar-refractivity contribution in [2.45, 2.75) is 33.8 Å². The van der Waals surface area contributed by atoms with Crippen LogP contribution in [0.1, 0.15) is 34.1 Å². The second-order valence-corrected chi connectivity index (χ2v) is 7.62. The largest absolute Gasteiger partial charge is 0.448 e. The molecular formula is C22H22N2O3S. The van der Waals surface area contributed by atoms with Crippen LogP contribution in [0.5, 0.6) is 0 Å². The first-order chi connectivity index (χ1) is 13.3. The molecule has 6 heteroatoms. The highest BCUT2D eigenvalue weighted by atomic mass is 32.1. The summed E-state index contributed by atoms with van der Waals surface area (Å²) in [6.07, 6.45) is -0.933. The fraction of sp³-hybridized carbons (Fsp3) is 0.227. The van der Waals surface area contributed by atoms with Crippen LogP contribution in [0.4, 0.5) is 5.69 Å². The molecule has 0 aliphatic carbocycles. The van der Waals surface area contributed by atoms with Gasteiger partial charge in [0.2, 0.25) is 0 Å². The van der Waals surface area contributed by atoms with E-state index < -0.39 is 12.1 Å². The van der Waals surface area contributed by atoms with Crippen LogP contribution in [0.3, 0.4) is 0 Å². The maximum Gasteiger partial charge on any atom is 0.358 e. The molecule has 1 N–H and O–H groups in total.